The Kier molecular flexibility index (Phi) is 4.25. The Morgan fingerprint density at radius 2 is 2.05 bits per heavy atom. The minimum Gasteiger partial charge on any atom is -0.350 e. The van der Waals surface area contributed by atoms with Crippen LogP contribution in [0.1, 0.15) is 44.7 Å². The Morgan fingerprint density at radius 3 is 2.74 bits per heavy atom. The van der Waals surface area contributed by atoms with Crippen molar-refractivity contribution >= 4 is 5.91 Å². The lowest BCUT2D eigenvalue weighted by molar-refractivity contribution is -0.125. The van der Waals surface area contributed by atoms with E-state index in [0.29, 0.717) is 0 Å². The highest BCUT2D eigenvalue weighted by Gasteiger charge is 2.27. The lowest BCUT2D eigenvalue weighted by atomic mass is 9.93. The van der Waals surface area contributed by atoms with E-state index in [2.05, 4.69) is 43.5 Å². The Labute approximate surface area is 115 Å². The second kappa shape index (κ2) is 5.74. The molecule has 1 atom stereocenters. The number of nitrogens with one attached hydrogen (secondary N) is 2. The fraction of sp³-hybridized carbons (Fsp3) is 0.562. The van der Waals surface area contributed by atoms with Gasteiger partial charge in [-0.25, -0.2) is 0 Å². The molecule has 1 heterocycles. The van der Waals surface area contributed by atoms with E-state index in [9.17, 15) is 4.79 Å². The molecule has 0 aliphatic carbocycles. The van der Waals surface area contributed by atoms with Crippen LogP contribution < -0.4 is 10.6 Å². The van der Waals surface area contributed by atoms with Gasteiger partial charge in [0.1, 0.15) is 0 Å². The second-order valence-electron chi connectivity index (χ2n) is 6.03. The van der Waals surface area contributed by atoms with E-state index < -0.39 is 0 Å². The van der Waals surface area contributed by atoms with Gasteiger partial charge >= 0.3 is 0 Å². The molecule has 0 radical (unpaired) electrons. The largest absolute Gasteiger partial charge is 0.350 e. The molecule has 1 aliphatic rings. The average Bonchev–Trinajstić information content (AvgIpc) is 2.37. The van der Waals surface area contributed by atoms with E-state index in [1.54, 1.807) is 0 Å². The molecular formula is C16H24N2O. The molecule has 1 aromatic rings. The molecule has 3 heteroatoms. The summed E-state index contributed by atoms with van der Waals surface area (Å²) in [6.45, 7) is 7.10. The van der Waals surface area contributed by atoms with Crippen molar-refractivity contribution in [3.63, 3.8) is 0 Å². The minimum absolute atomic E-state index is 0.106. The highest BCUT2D eigenvalue weighted by atomic mass is 16.2. The van der Waals surface area contributed by atoms with E-state index in [4.69, 9.17) is 0 Å². The standard InChI is InChI=1S/C16H24N2O/c1-4-9-16(2,3)18-15(19)14-10-12-7-5-6-8-13(12)11-17-14/h5-8,14,17H,4,9-11H2,1-3H3,(H,18,19)/t14-/m0/s1. The Bertz CT molecular complexity index is 454. The van der Waals surface area contributed by atoms with Gasteiger partial charge in [0, 0.05) is 12.1 Å². The van der Waals surface area contributed by atoms with Crippen molar-refractivity contribution in [3.05, 3.63) is 35.4 Å². The van der Waals surface area contributed by atoms with Crippen LogP contribution in [0.5, 0.6) is 0 Å². The van der Waals surface area contributed by atoms with Gasteiger partial charge in [0.05, 0.1) is 6.04 Å². The van der Waals surface area contributed by atoms with Gasteiger partial charge in [-0.15, -0.1) is 0 Å². The molecule has 0 saturated carbocycles. The van der Waals surface area contributed by atoms with Crippen molar-refractivity contribution in [1.82, 2.24) is 10.6 Å². The monoisotopic (exact) mass is 260 g/mol. The van der Waals surface area contributed by atoms with E-state index in [0.717, 1.165) is 25.8 Å². The molecule has 0 spiro atoms. The van der Waals surface area contributed by atoms with Gasteiger partial charge in [-0.2, -0.15) is 0 Å². The maximum Gasteiger partial charge on any atom is 0.237 e. The Morgan fingerprint density at radius 1 is 1.37 bits per heavy atom. The molecule has 3 nitrogen and oxygen atoms in total. The fourth-order valence-electron chi connectivity index (χ4n) is 2.75. The highest BCUT2D eigenvalue weighted by Crippen LogP contribution is 2.17. The molecule has 0 fully saturated rings. The van der Waals surface area contributed by atoms with Gasteiger partial charge < -0.3 is 10.6 Å². The molecule has 1 amide bonds. The number of fused-ring (bicyclic) bond motifs is 1. The molecule has 2 rings (SSSR count). The lowest BCUT2D eigenvalue weighted by Crippen LogP contribution is -2.53. The van der Waals surface area contributed by atoms with Crippen molar-refractivity contribution in [3.8, 4) is 0 Å². The highest BCUT2D eigenvalue weighted by molar-refractivity contribution is 5.83. The third-order valence-corrected chi connectivity index (χ3v) is 3.73. The Hall–Kier alpha value is -1.35. The maximum absolute atomic E-state index is 12.3. The zero-order valence-electron chi connectivity index (χ0n) is 12.1. The third kappa shape index (κ3) is 3.57. The van der Waals surface area contributed by atoms with Crippen LogP contribution in [0.2, 0.25) is 0 Å². The van der Waals surface area contributed by atoms with Crippen LogP contribution in [0, 0.1) is 0 Å². The summed E-state index contributed by atoms with van der Waals surface area (Å²) < 4.78 is 0. The molecule has 1 aromatic carbocycles. The van der Waals surface area contributed by atoms with Gasteiger partial charge in [-0.1, -0.05) is 37.6 Å². The third-order valence-electron chi connectivity index (χ3n) is 3.73. The van der Waals surface area contributed by atoms with Crippen molar-refractivity contribution < 1.29 is 4.79 Å². The number of carbonyl (C=O) groups is 1. The SMILES string of the molecule is CCCC(C)(C)NC(=O)[C@@H]1Cc2ccccc2CN1. The summed E-state index contributed by atoms with van der Waals surface area (Å²) in [7, 11) is 0. The molecule has 2 N–H and O–H groups in total. The van der Waals surface area contributed by atoms with Crippen LogP contribution in [0.3, 0.4) is 0 Å². The molecule has 0 bridgehead atoms. The maximum atomic E-state index is 12.3. The average molecular weight is 260 g/mol. The summed E-state index contributed by atoms with van der Waals surface area (Å²) in [6, 6.07) is 8.22. The van der Waals surface area contributed by atoms with E-state index >= 15 is 0 Å². The fourth-order valence-corrected chi connectivity index (χ4v) is 2.75. The zero-order valence-corrected chi connectivity index (χ0v) is 12.1. The first-order valence-corrected chi connectivity index (χ1v) is 7.14. The minimum atomic E-state index is -0.121. The van der Waals surface area contributed by atoms with Gasteiger partial charge in [-0.3, -0.25) is 4.79 Å². The predicted octanol–water partition coefficient (Wildman–Crippen LogP) is 2.40. The molecule has 104 valence electrons. The van der Waals surface area contributed by atoms with Crippen LogP contribution in [-0.4, -0.2) is 17.5 Å². The van der Waals surface area contributed by atoms with Gasteiger partial charge in [-0.05, 0) is 37.8 Å². The van der Waals surface area contributed by atoms with Crippen molar-refractivity contribution in [2.45, 2.75) is 58.2 Å². The number of carbonyl (C=O) groups excluding carboxylic acids is 1. The summed E-state index contributed by atoms with van der Waals surface area (Å²) in [5, 5.41) is 6.48. The zero-order chi connectivity index (χ0) is 13.9. The van der Waals surface area contributed by atoms with Gasteiger partial charge in [0.25, 0.3) is 0 Å². The first-order valence-electron chi connectivity index (χ1n) is 7.14. The molecule has 0 aromatic heterocycles. The van der Waals surface area contributed by atoms with Crippen LogP contribution in [-0.2, 0) is 17.8 Å². The predicted molar refractivity (Wildman–Crippen MR) is 77.9 cm³/mol. The topological polar surface area (TPSA) is 41.1 Å². The number of amides is 1. The van der Waals surface area contributed by atoms with Crippen LogP contribution >= 0.6 is 0 Å². The van der Waals surface area contributed by atoms with Crippen molar-refractivity contribution in [2.24, 2.45) is 0 Å². The summed E-state index contributed by atoms with van der Waals surface area (Å²) in [6.07, 6.45) is 2.86. The Balaban J connectivity index is 1.99. The van der Waals surface area contributed by atoms with Gasteiger partial charge in [0.2, 0.25) is 5.91 Å². The summed E-state index contributed by atoms with van der Waals surface area (Å²) >= 11 is 0. The van der Waals surface area contributed by atoms with E-state index in [-0.39, 0.29) is 17.5 Å². The van der Waals surface area contributed by atoms with E-state index in [1.807, 2.05) is 12.1 Å². The quantitative estimate of drug-likeness (QED) is 0.873. The second-order valence-corrected chi connectivity index (χ2v) is 6.03. The van der Waals surface area contributed by atoms with Gasteiger partial charge in [0.15, 0.2) is 0 Å². The molecule has 0 saturated heterocycles. The summed E-state index contributed by atoms with van der Waals surface area (Å²) in [4.78, 5) is 12.3. The van der Waals surface area contributed by atoms with Crippen LogP contribution in [0.25, 0.3) is 0 Å². The van der Waals surface area contributed by atoms with Crippen LogP contribution in [0.15, 0.2) is 24.3 Å². The normalized spacial score (nSPS) is 18.8. The molecule has 1 aliphatic heterocycles. The first kappa shape index (κ1) is 14.1. The van der Waals surface area contributed by atoms with E-state index in [1.165, 1.54) is 11.1 Å². The molecule has 19 heavy (non-hydrogen) atoms. The number of benzene rings is 1. The lowest BCUT2D eigenvalue weighted by Gasteiger charge is -2.31. The van der Waals surface area contributed by atoms with Crippen molar-refractivity contribution in [1.29, 1.82) is 0 Å². The molecule has 0 unspecified atom stereocenters. The summed E-state index contributed by atoms with van der Waals surface area (Å²) in [5.41, 5.74) is 2.47. The number of hydrogen-bond donors (Lipinski definition) is 2. The molecular weight excluding hydrogens is 236 g/mol. The smallest absolute Gasteiger partial charge is 0.237 e. The van der Waals surface area contributed by atoms with Crippen LogP contribution in [0.4, 0.5) is 0 Å². The first-order chi connectivity index (χ1) is 9.02. The summed E-state index contributed by atoms with van der Waals surface area (Å²) in [5.74, 6) is 0.118. The number of rotatable bonds is 4. The number of hydrogen-bond acceptors (Lipinski definition) is 2. The van der Waals surface area contributed by atoms with Crippen molar-refractivity contribution in [2.75, 3.05) is 0 Å².